The van der Waals surface area contributed by atoms with Gasteiger partial charge in [0.15, 0.2) is 6.04 Å². The Kier molecular flexibility index (Phi) is 7.01. The molecule has 1 aromatic heterocycles. The third-order valence-electron chi connectivity index (χ3n) is 3.51. The van der Waals surface area contributed by atoms with Crippen LogP contribution in [-0.2, 0) is 4.79 Å². The van der Waals surface area contributed by atoms with E-state index in [1.54, 1.807) is 4.90 Å². The smallest absolute Gasteiger partial charge is 0.277 e. The van der Waals surface area contributed by atoms with Gasteiger partial charge in [0, 0.05) is 19.0 Å². The molecule has 0 saturated heterocycles. The van der Waals surface area contributed by atoms with E-state index >= 15 is 0 Å². The first kappa shape index (κ1) is 17.0. The number of hydrogen-bond acceptors (Lipinski definition) is 5. The van der Waals surface area contributed by atoms with E-state index in [1.165, 1.54) is 11.8 Å². The molecule has 0 bridgehead atoms. The maximum atomic E-state index is 11.9. The van der Waals surface area contributed by atoms with Crippen LogP contribution < -0.4 is 5.73 Å². The predicted molar refractivity (Wildman–Crippen MR) is 78.0 cm³/mol. The van der Waals surface area contributed by atoms with Crippen molar-refractivity contribution in [2.75, 3.05) is 18.8 Å². The molecular weight excluding hydrogens is 276 g/mol. The third kappa shape index (κ3) is 4.49. The van der Waals surface area contributed by atoms with Gasteiger partial charge in [-0.25, -0.2) is 0 Å². The number of thioether (sulfide) groups is 1. The lowest BCUT2D eigenvalue weighted by molar-refractivity contribution is -0.444. The van der Waals surface area contributed by atoms with Crippen LogP contribution in [-0.4, -0.2) is 39.8 Å². The first-order valence-electron chi connectivity index (χ1n) is 7.10. The third-order valence-corrected chi connectivity index (χ3v) is 4.31. The number of carbonyl (C=O) groups excluding carboxylic acids is 1. The largest absolute Gasteiger partial charge is 0.410 e. The fraction of sp³-hybridized carbons (Fsp3) is 0.769. The number of nitrogens with zero attached hydrogens (tertiary/aromatic N) is 3. The van der Waals surface area contributed by atoms with Crippen molar-refractivity contribution in [2.45, 2.75) is 45.4 Å². The zero-order valence-corrected chi connectivity index (χ0v) is 13.6. The summed E-state index contributed by atoms with van der Waals surface area (Å²) < 4.78 is 5.57. The van der Waals surface area contributed by atoms with Crippen molar-refractivity contribution in [3.8, 4) is 0 Å². The van der Waals surface area contributed by atoms with Gasteiger partial charge in [0.2, 0.25) is 5.91 Å². The Morgan fingerprint density at radius 1 is 1.35 bits per heavy atom. The van der Waals surface area contributed by atoms with Crippen molar-refractivity contribution in [1.29, 1.82) is 0 Å². The van der Waals surface area contributed by atoms with Gasteiger partial charge in [-0.1, -0.05) is 25.6 Å². The van der Waals surface area contributed by atoms with Crippen LogP contribution in [0.4, 0.5) is 0 Å². The summed E-state index contributed by atoms with van der Waals surface area (Å²) in [6, 6.07) is 0.000309. The molecule has 0 saturated carbocycles. The van der Waals surface area contributed by atoms with E-state index in [9.17, 15) is 4.79 Å². The van der Waals surface area contributed by atoms with Crippen LogP contribution in [0, 0.1) is 5.92 Å². The van der Waals surface area contributed by atoms with Crippen molar-refractivity contribution in [3.63, 3.8) is 0 Å². The molecule has 0 aromatic carbocycles. The van der Waals surface area contributed by atoms with Gasteiger partial charge in [0.05, 0.1) is 5.75 Å². The molecular formula is C13H25N4O2S+. The van der Waals surface area contributed by atoms with Crippen LogP contribution in [0.3, 0.4) is 0 Å². The van der Waals surface area contributed by atoms with E-state index in [2.05, 4.69) is 29.8 Å². The maximum absolute atomic E-state index is 11.9. The molecule has 2 atom stereocenters. The zero-order chi connectivity index (χ0) is 15.1. The van der Waals surface area contributed by atoms with Crippen molar-refractivity contribution < 1.29 is 14.9 Å². The Labute approximate surface area is 124 Å². The molecule has 1 heterocycles. The van der Waals surface area contributed by atoms with Crippen LogP contribution in [0.15, 0.2) is 9.64 Å². The quantitative estimate of drug-likeness (QED) is 0.733. The van der Waals surface area contributed by atoms with Gasteiger partial charge in [0.25, 0.3) is 11.1 Å². The number of hydrogen-bond donors (Lipinski definition) is 1. The zero-order valence-electron chi connectivity index (χ0n) is 12.8. The minimum absolute atomic E-state index is 0.000309. The molecule has 0 fully saturated rings. The standard InChI is InChI=1S/C13H24N4O2S/c1-5-9(4)11(14)12-15-16-13(19-12)20-8-10(18)17(6-2)7-3/h9,11H,5-8,14H2,1-4H3/p+1. The molecule has 6 nitrogen and oxygen atoms in total. The summed E-state index contributed by atoms with van der Waals surface area (Å²) in [5.74, 6) is 1.37. The average molecular weight is 301 g/mol. The van der Waals surface area contributed by atoms with E-state index in [-0.39, 0.29) is 11.9 Å². The van der Waals surface area contributed by atoms with Gasteiger partial charge in [-0.2, -0.15) is 0 Å². The second-order valence-electron chi connectivity index (χ2n) is 4.75. The van der Waals surface area contributed by atoms with E-state index in [0.717, 1.165) is 19.5 Å². The summed E-state index contributed by atoms with van der Waals surface area (Å²) >= 11 is 1.29. The van der Waals surface area contributed by atoms with Gasteiger partial charge in [-0.05, 0) is 20.3 Å². The highest BCUT2D eigenvalue weighted by Crippen LogP contribution is 2.23. The van der Waals surface area contributed by atoms with Crippen molar-refractivity contribution in [3.05, 3.63) is 5.89 Å². The van der Waals surface area contributed by atoms with Crippen LogP contribution in [0.1, 0.15) is 46.0 Å². The van der Waals surface area contributed by atoms with Gasteiger partial charge < -0.3 is 15.1 Å². The highest BCUT2D eigenvalue weighted by molar-refractivity contribution is 7.99. The summed E-state index contributed by atoms with van der Waals surface area (Å²) in [6.07, 6.45) is 1.01. The number of rotatable bonds is 8. The normalized spacial score (nSPS) is 14.1. The van der Waals surface area contributed by atoms with Crippen LogP contribution >= 0.6 is 11.8 Å². The molecule has 0 spiro atoms. The Bertz CT molecular complexity index is 420. The summed E-state index contributed by atoms with van der Waals surface area (Å²) in [4.78, 5) is 13.7. The predicted octanol–water partition coefficient (Wildman–Crippen LogP) is 1.36. The molecule has 7 heteroatoms. The van der Waals surface area contributed by atoms with Crippen molar-refractivity contribution in [1.82, 2.24) is 15.1 Å². The Morgan fingerprint density at radius 2 is 2.00 bits per heavy atom. The summed E-state index contributed by atoms with van der Waals surface area (Å²) in [5, 5.41) is 8.44. The summed E-state index contributed by atoms with van der Waals surface area (Å²) in [5.41, 5.74) is 4.06. The van der Waals surface area contributed by atoms with E-state index in [1.807, 2.05) is 13.8 Å². The fourth-order valence-electron chi connectivity index (χ4n) is 1.75. The Morgan fingerprint density at radius 3 is 2.55 bits per heavy atom. The van der Waals surface area contributed by atoms with E-state index in [0.29, 0.717) is 22.8 Å². The molecule has 2 unspecified atom stereocenters. The lowest BCUT2D eigenvalue weighted by Gasteiger charge is -2.17. The van der Waals surface area contributed by atoms with Crippen LogP contribution in [0.5, 0.6) is 0 Å². The van der Waals surface area contributed by atoms with E-state index in [4.69, 9.17) is 4.42 Å². The minimum Gasteiger partial charge on any atom is -0.410 e. The topological polar surface area (TPSA) is 86.9 Å². The first-order chi connectivity index (χ1) is 9.53. The highest BCUT2D eigenvalue weighted by Gasteiger charge is 2.23. The second kappa shape index (κ2) is 8.26. The molecule has 0 radical (unpaired) electrons. The van der Waals surface area contributed by atoms with Gasteiger partial charge in [-0.15, -0.1) is 10.2 Å². The highest BCUT2D eigenvalue weighted by atomic mass is 32.2. The lowest BCUT2D eigenvalue weighted by atomic mass is 10.0. The Hall–Kier alpha value is -1.08. The molecule has 114 valence electrons. The van der Waals surface area contributed by atoms with Crippen LogP contribution in [0.2, 0.25) is 0 Å². The van der Waals surface area contributed by atoms with E-state index < -0.39 is 0 Å². The number of carbonyl (C=O) groups is 1. The second-order valence-corrected chi connectivity index (χ2v) is 5.68. The molecule has 0 aliphatic carbocycles. The van der Waals surface area contributed by atoms with Gasteiger partial charge >= 0.3 is 0 Å². The van der Waals surface area contributed by atoms with Crippen molar-refractivity contribution in [2.24, 2.45) is 5.92 Å². The molecule has 1 aromatic rings. The van der Waals surface area contributed by atoms with Crippen molar-refractivity contribution >= 4 is 17.7 Å². The molecule has 1 amide bonds. The minimum atomic E-state index is 0.000309. The molecule has 1 rings (SSSR count). The van der Waals surface area contributed by atoms with Crippen LogP contribution in [0.25, 0.3) is 0 Å². The lowest BCUT2D eigenvalue weighted by Crippen LogP contribution is -2.56. The number of quaternary nitrogens is 1. The number of aromatic nitrogens is 2. The fourth-order valence-corrected chi connectivity index (χ4v) is 2.42. The maximum Gasteiger partial charge on any atom is 0.277 e. The van der Waals surface area contributed by atoms with Gasteiger partial charge in [0.1, 0.15) is 0 Å². The molecule has 20 heavy (non-hydrogen) atoms. The molecule has 0 aliphatic rings. The summed E-state index contributed by atoms with van der Waals surface area (Å²) in [7, 11) is 0. The molecule has 3 N–H and O–H groups in total. The summed E-state index contributed by atoms with van der Waals surface area (Å²) in [6.45, 7) is 9.60. The first-order valence-corrected chi connectivity index (χ1v) is 8.08. The SMILES string of the molecule is CCC(C)C([NH3+])c1nnc(SCC(=O)N(CC)CC)o1. The number of amides is 1. The molecule has 0 aliphatic heterocycles. The Balaban J connectivity index is 2.54. The van der Waals surface area contributed by atoms with Gasteiger partial charge in [-0.3, -0.25) is 4.79 Å². The monoisotopic (exact) mass is 301 g/mol. The average Bonchev–Trinajstić information content (AvgIpc) is 2.93.